The van der Waals surface area contributed by atoms with Gasteiger partial charge in [0.05, 0.1) is 10.9 Å². The second-order valence-corrected chi connectivity index (χ2v) is 8.21. The second kappa shape index (κ2) is 7.71. The maximum Gasteiger partial charge on any atom is 0.277 e. The van der Waals surface area contributed by atoms with Gasteiger partial charge in [-0.05, 0) is 51.1 Å². The highest BCUT2D eigenvalue weighted by Gasteiger charge is 2.23. The van der Waals surface area contributed by atoms with Gasteiger partial charge in [0.1, 0.15) is 5.75 Å². The van der Waals surface area contributed by atoms with Crippen LogP contribution < -0.4 is 10.1 Å². The molecule has 1 aromatic heterocycles. The molecule has 148 valence electrons. The minimum absolute atomic E-state index is 0.0213. The average molecular weight is 409 g/mol. The molecule has 7 nitrogen and oxygen atoms in total. The molecule has 8 heteroatoms. The molecule has 0 saturated carbocycles. The third-order valence-electron chi connectivity index (χ3n) is 4.42. The van der Waals surface area contributed by atoms with E-state index >= 15 is 0 Å². The summed E-state index contributed by atoms with van der Waals surface area (Å²) in [6.07, 6.45) is 0. The summed E-state index contributed by atoms with van der Waals surface area (Å²) in [5.74, 6) is 0.627. The highest BCUT2D eigenvalue weighted by Crippen LogP contribution is 2.32. The number of ketones is 1. The van der Waals surface area contributed by atoms with E-state index in [9.17, 15) is 9.59 Å². The Labute approximate surface area is 171 Å². The van der Waals surface area contributed by atoms with Gasteiger partial charge in [-0.3, -0.25) is 9.59 Å². The van der Waals surface area contributed by atoms with Crippen LogP contribution >= 0.6 is 11.8 Å². The number of fused-ring (bicyclic) bond motifs is 1. The molecule has 29 heavy (non-hydrogen) atoms. The van der Waals surface area contributed by atoms with Gasteiger partial charge in [0.25, 0.3) is 11.1 Å². The number of nitrogens with one attached hydrogen (secondary N) is 1. The lowest BCUT2D eigenvalue weighted by molar-refractivity contribution is -0.118. The van der Waals surface area contributed by atoms with Crippen LogP contribution in [0.1, 0.15) is 28.4 Å². The monoisotopic (exact) mass is 409 g/mol. The number of rotatable bonds is 5. The lowest BCUT2D eigenvalue weighted by Gasteiger charge is -2.18. The molecule has 0 fully saturated rings. The first-order valence-electron chi connectivity index (χ1n) is 9.09. The molecule has 1 aliphatic heterocycles. The van der Waals surface area contributed by atoms with Gasteiger partial charge >= 0.3 is 0 Å². The van der Waals surface area contributed by atoms with Gasteiger partial charge in [-0.1, -0.05) is 29.0 Å². The molecule has 2 aromatic carbocycles. The first kappa shape index (κ1) is 19.2. The minimum Gasteiger partial charge on any atom is -0.482 e. The van der Waals surface area contributed by atoms with E-state index in [1.54, 1.807) is 25.1 Å². The number of aryl methyl sites for hydroxylation is 2. The van der Waals surface area contributed by atoms with Crippen LogP contribution in [-0.2, 0) is 4.79 Å². The van der Waals surface area contributed by atoms with Crippen molar-refractivity contribution in [2.24, 2.45) is 0 Å². The number of thioether (sulfide) groups is 1. The molecule has 0 bridgehead atoms. The van der Waals surface area contributed by atoms with Crippen molar-refractivity contribution in [1.82, 2.24) is 10.2 Å². The van der Waals surface area contributed by atoms with Crippen LogP contribution in [-0.4, -0.2) is 33.7 Å². The van der Waals surface area contributed by atoms with E-state index in [1.165, 1.54) is 11.8 Å². The quantitative estimate of drug-likeness (QED) is 0.502. The summed E-state index contributed by atoms with van der Waals surface area (Å²) < 4.78 is 11.1. The van der Waals surface area contributed by atoms with Gasteiger partial charge in [-0.15, -0.1) is 10.2 Å². The molecule has 2 heterocycles. The fraction of sp³-hybridized carbons (Fsp3) is 0.238. The normalized spacial score (nSPS) is 14.0. The highest BCUT2D eigenvalue weighted by molar-refractivity contribution is 8.00. The molecule has 0 spiro atoms. The van der Waals surface area contributed by atoms with E-state index in [2.05, 4.69) is 21.6 Å². The largest absolute Gasteiger partial charge is 0.482 e. The first-order valence-corrected chi connectivity index (χ1v) is 9.97. The summed E-state index contributed by atoms with van der Waals surface area (Å²) in [5, 5.41) is 10.8. The van der Waals surface area contributed by atoms with Crippen molar-refractivity contribution in [3.05, 3.63) is 53.1 Å². The van der Waals surface area contributed by atoms with Gasteiger partial charge in [0.15, 0.2) is 12.4 Å². The Morgan fingerprint density at radius 2 is 1.90 bits per heavy atom. The third kappa shape index (κ3) is 4.17. The van der Waals surface area contributed by atoms with Crippen LogP contribution in [0.4, 0.5) is 5.69 Å². The van der Waals surface area contributed by atoms with Crippen molar-refractivity contribution in [2.45, 2.75) is 31.2 Å². The number of aromatic nitrogens is 2. The third-order valence-corrected chi connectivity index (χ3v) is 5.35. The number of anilines is 1. The predicted octanol–water partition coefficient (Wildman–Crippen LogP) is 4.05. The SMILES string of the molecule is Cc1cc(C)cc(-c2nnc(SC(C)C(=O)c3ccc4c(c3)NC(=O)CO4)o2)c1. The molecule has 3 aromatic rings. The van der Waals surface area contributed by atoms with E-state index in [0.29, 0.717) is 28.1 Å². The summed E-state index contributed by atoms with van der Waals surface area (Å²) in [5.41, 5.74) is 4.05. The lowest BCUT2D eigenvalue weighted by Crippen LogP contribution is -2.25. The predicted molar refractivity (Wildman–Crippen MR) is 109 cm³/mol. The number of carbonyl (C=O) groups is 2. The van der Waals surface area contributed by atoms with E-state index in [1.807, 2.05) is 26.0 Å². The zero-order valence-corrected chi connectivity index (χ0v) is 17.0. The standard InChI is InChI=1S/C21H19N3O4S/c1-11-6-12(2)8-15(7-11)20-23-24-21(28-20)29-13(3)19(26)14-4-5-17-16(9-14)22-18(25)10-27-17/h4-9,13H,10H2,1-3H3,(H,22,25). The van der Waals surface area contributed by atoms with Gasteiger partial charge in [0, 0.05) is 11.1 Å². The topological polar surface area (TPSA) is 94.3 Å². The van der Waals surface area contributed by atoms with Crippen LogP contribution in [0.15, 0.2) is 46.0 Å². The van der Waals surface area contributed by atoms with Crippen molar-refractivity contribution in [2.75, 3.05) is 11.9 Å². The Hall–Kier alpha value is -3.13. The van der Waals surface area contributed by atoms with E-state index in [0.717, 1.165) is 16.7 Å². The molecule has 0 saturated heterocycles. The molecule has 0 radical (unpaired) electrons. The maximum absolute atomic E-state index is 12.8. The summed E-state index contributed by atoms with van der Waals surface area (Å²) >= 11 is 1.20. The van der Waals surface area contributed by atoms with Crippen LogP contribution in [0.25, 0.3) is 11.5 Å². The molecule has 1 aliphatic rings. The molecule has 4 rings (SSSR count). The number of hydrogen-bond acceptors (Lipinski definition) is 7. The molecule has 1 unspecified atom stereocenters. The van der Waals surface area contributed by atoms with E-state index in [-0.39, 0.29) is 18.3 Å². The Bertz CT molecular complexity index is 1090. The molecular weight excluding hydrogens is 390 g/mol. The Balaban J connectivity index is 1.49. The molecule has 1 amide bonds. The zero-order valence-electron chi connectivity index (χ0n) is 16.2. The number of Topliss-reactive ketones (excluding diaryl/α,β-unsaturated/α-hetero) is 1. The van der Waals surface area contributed by atoms with Gasteiger partial charge in [0.2, 0.25) is 5.89 Å². The number of ether oxygens (including phenoxy) is 1. The fourth-order valence-corrected chi connectivity index (χ4v) is 3.91. The fourth-order valence-electron chi connectivity index (χ4n) is 3.15. The van der Waals surface area contributed by atoms with E-state index in [4.69, 9.17) is 9.15 Å². The van der Waals surface area contributed by atoms with Crippen molar-refractivity contribution in [1.29, 1.82) is 0 Å². The van der Waals surface area contributed by atoms with Crippen LogP contribution in [0, 0.1) is 13.8 Å². The zero-order chi connectivity index (χ0) is 20.5. The molecule has 1 N–H and O–H groups in total. The van der Waals surface area contributed by atoms with E-state index < -0.39 is 5.25 Å². The summed E-state index contributed by atoms with van der Waals surface area (Å²) in [6.45, 7) is 5.78. The van der Waals surface area contributed by atoms with Gasteiger partial charge in [-0.2, -0.15) is 0 Å². The van der Waals surface area contributed by atoms with Crippen molar-refractivity contribution >= 4 is 29.1 Å². The average Bonchev–Trinajstić information content (AvgIpc) is 3.14. The summed E-state index contributed by atoms with van der Waals surface area (Å²) in [4.78, 5) is 24.3. The Morgan fingerprint density at radius 3 is 2.66 bits per heavy atom. The first-order chi connectivity index (χ1) is 13.9. The van der Waals surface area contributed by atoms with Gasteiger partial charge in [-0.25, -0.2) is 0 Å². The number of carbonyl (C=O) groups excluding carboxylic acids is 2. The van der Waals surface area contributed by atoms with Gasteiger partial charge < -0.3 is 14.5 Å². The van der Waals surface area contributed by atoms with Crippen molar-refractivity contribution < 1.29 is 18.7 Å². The minimum atomic E-state index is -0.444. The molecule has 1 atom stereocenters. The number of benzene rings is 2. The van der Waals surface area contributed by atoms with Crippen molar-refractivity contribution in [3.63, 3.8) is 0 Å². The molecular formula is C21H19N3O4S. The second-order valence-electron chi connectivity index (χ2n) is 6.92. The lowest BCUT2D eigenvalue weighted by atomic mass is 10.1. The van der Waals surface area contributed by atoms with Crippen molar-refractivity contribution in [3.8, 4) is 17.2 Å². The van der Waals surface area contributed by atoms with Crippen LogP contribution in [0.2, 0.25) is 0 Å². The van der Waals surface area contributed by atoms with Crippen LogP contribution in [0.3, 0.4) is 0 Å². The number of nitrogens with zero attached hydrogens (tertiary/aromatic N) is 2. The maximum atomic E-state index is 12.8. The summed E-state index contributed by atoms with van der Waals surface area (Å²) in [6, 6.07) is 11.0. The molecule has 0 aliphatic carbocycles. The Kier molecular flexibility index (Phi) is 5.10. The summed E-state index contributed by atoms with van der Waals surface area (Å²) in [7, 11) is 0. The van der Waals surface area contributed by atoms with Crippen LogP contribution in [0.5, 0.6) is 5.75 Å². The Morgan fingerprint density at radius 1 is 1.14 bits per heavy atom. The highest BCUT2D eigenvalue weighted by atomic mass is 32.2. The number of hydrogen-bond donors (Lipinski definition) is 1. The number of amides is 1. The smallest absolute Gasteiger partial charge is 0.277 e.